The first-order chi connectivity index (χ1) is 12.1. The van der Waals surface area contributed by atoms with E-state index in [-0.39, 0.29) is 23.5 Å². The third-order valence-electron chi connectivity index (χ3n) is 3.48. The minimum absolute atomic E-state index is 0.00199. The Morgan fingerprint density at radius 3 is 3.12 bits per heavy atom. The van der Waals surface area contributed by atoms with Crippen LogP contribution in [0.4, 0.5) is 10.8 Å². The van der Waals surface area contributed by atoms with E-state index in [1.165, 1.54) is 23.1 Å². The molecule has 9 heteroatoms. The number of anilines is 2. The Morgan fingerprint density at radius 2 is 2.32 bits per heavy atom. The summed E-state index contributed by atoms with van der Waals surface area (Å²) in [4.78, 5) is 24.1. The molecule has 0 saturated heterocycles. The fourth-order valence-electron chi connectivity index (χ4n) is 2.24. The zero-order chi connectivity index (χ0) is 17.8. The van der Waals surface area contributed by atoms with Gasteiger partial charge in [0.2, 0.25) is 5.13 Å². The number of Topliss-reactive ketones (excluding diaryl/α,β-unsaturated/α-hetero) is 1. The number of carbonyl (C=O) groups is 2. The maximum absolute atomic E-state index is 12.7. The molecule has 1 amide bonds. The molecular weight excluding hydrogens is 360 g/mol. The predicted molar refractivity (Wildman–Crippen MR) is 98.9 cm³/mol. The van der Waals surface area contributed by atoms with Gasteiger partial charge in [0, 0.05) is 12.1 Å². The van der Waals surface area contributed by atoms with Crippen molar-refractivity contribution in [1.29, 1.82) is 0 Å². The van der Waals surface area contributed by atoms with E-state index in [0.717, 1.165) is 22.4 Å². The van der Waals surface area contributed by atoms with Gasteiger partial charge >= 0.3 is 0 Å². The van der Waals surface area contributed by atoms with E-state index < -0.39 is 0 Å². The molecule has 0 fully saturated rings. The van der Waals surface area contributed by atoms with Crippen molar-refractivity contribution in [3.63, 3.8) is 0 Å². The van der Waals surface area contributed by atoms with E-state index in [4.69, 9.17) is 4.74 Å². The second kappa shape index (κ2) is 7.83. The van der Waals surface area contributed by atoms with Gasteiger partial charge in [-0.05, 0) is 31.5 Å². The van der Waals surface area contributed by atoms with Crippen LogP contribution in [0, 0.1) is 0 Å². The Kier molecular flexibility index (Phi) is 5.54. The van der Waals surface area contributed by atoms with Crippen molar-refractivity contribution in [3.05, 3.63) is 23.8 Å². The summed E-state index contributed by atoms with van der Waals surface area (Å²) in [6.45, 7) is 4.76. The van der Waals surface area contributed by atoms with E-state index in [1.807, 2.05) is 6.92 Å². The van der Waals surface area contributed by atoms with Crippen molar-refractivity contribution in [2.24, 2.45) is 0 Å². The van der Waals surface area contributed by atoms with Gasteiger partial charge in [0.25, 0.3) is 5.91 Å². The number of benzene rings is 1. The lowest BCUT2D eigenvalue weighted by atomic mass is 10.1. The number of aromatic nitrogens is 2. The Balaban J connectivity index is 1.67. The van der Waals surface area contributed by atoms with Crippen LogP contribution in [0.25, 0.3) is 0 Å². The van der Waals surface area contributed by atoms with Crippen molar-refractivity contribution >= 4 is 45.6 Å². The first kappa shape index (κ1) is 17.7. The van der Waals surface area contributed by atoms with Gasteiger partial charge in [-0.1, -0.05) is 30.0 Å². The summed E-state index contributed by atoms with van der Waals surface area (Å²) in [5.41, 5.74) is 1.06. The van der Waals surface area contributed by atoms with E-state index in [2.05, 4.69) is 27.8 Å². The van der Waals surface area contributed by atoms with Crippen molar-refractivity contribution in [1.82, 2.24) is 10.2 Å². The number of hydrogen-bond acceptors (Lipinski definition) is 8. The number of thioether (sulfide) groups is 1. The van der Waals surface area contributed by atoms with Gasteiger partial charge in [0.1, 0.15) is 5.75 Å². The van der Waals surface area contributed by atoms with Crippen LogP contribution < -0.4 is 15.4 Å². The lowest BCUT2D eigenvalue weighted by Crippen LogP contribution is -2.25. The second-order valence-corrected chi connectivity index (χ2v) is 8.04. The van der Waals surface area contributed by atoms with E-state index in [0.29, 0.717) is 17.0 Å². The largest absolute Gasteiger partial charge is 0.482 e. The minimum atomic E-state index is -0.315. The number of hydrogen-bond donors (Lipinski definition) is 2. The van der Waals surface area contributed by atoms with Crippen LogP contribution in [0.15, 0.2) is 22.5 Å². The van der Waals surface area contributed by atoms with Gasteiger partial charge in [-0.15, -0.1) is 10.2 Å². The number of ether oxygens (including phenoxy) is 1. The molecule has 25 heavy (non-hydrogen) atoms. The van der Waals surface area contributed by atoms with Crippen LogP contribution in [0.2, 0.25) is 0 Å². The zero-order valence-electron chi connectivity index (χ0n) is 13.9. The highest BCUT2D eigenvalue weighted by Crippen LogP contribution is 2.33. The summed E-state index contributed by atoms with van der Waals surface area (Å²) < 4.78 is 6.05. The average Bonchev–Trinajstić information content (AvgIpc) is 3.05. The summed E-state index contributed by atoms with van der Waals surface area (Å²) >= 11 is 2.81. The van der Waals surface area contributed by atoms with Crippen LogP contribution in [0.1, 0.15) is 30.6 Å². The van der Waals surface area contributed by atoms with Crippen LogP contribution >= 0.6 is 23.1 Å². The lowest BCUT2D eigenvalue weighted by molar-refractivity contribution is -0.118. The Hall–Kier alpha value is -2.13. The standard InChI is InChI=1S/C16H18N4O3S2/c1-3-6-17-15-19-20-16(25-15)24-9(2)14(22)10-4-5-12-11(7-10)18-13(21)8-23-12/h4-5,7,9H,3,6,8H2,1-2H3,(H,17,19)(H,18,21). The van der Waals surface area contributed by atoms with Crippen molar-refractivity contribution < 1.29 is 14.3 Å². The molecule has 0 bridgehead atoms. The molecule has 1 atom stereocenters. The number of nitrogens with zero attached hydrogens (tertiary/aromatic N) is 2. The number of nitrogens with one attached hydrogen (secondary N) is 2. The maximum atomic E-state index is 12.7. The normalized spacial score (nSPS) is 14.2. The topological polar surface area (TPSA) is 93.2 Å². The molecule has 2 aromatic rings. The van der Waals surface area contributed by atoms with Crippen molar-refractivity contribution in [2.45, 2.75) is 29.9 Å². The van der Waals surface area contributed by atoms with Crippen LogP contribution in [0.5, 0.6) is 5.75 Å². The summed E-state index contributed by atoms with van der Waals surface area (Å²) in [7, 11) is 0. The van der Waals surface area contributed by atoms with E-state index in [9.17, 15) is 9.59 Å². The first-order valence-electron chi connectivity index (χ1n) is 7.91. The fraction of sp³-hybridized carbons (Fsp3) is 0.375. The van der Waals surface area contributed by atoms with Crippen LogP contribution in [-0.4, -0.2) is 40.3 Å². The average molecular weight is 378 g/mol. The molecule has 1 aliphatic rings. The van der Waals surface area contributed by atoms with Crippen LogP contribution in [0.3, 0.4) is 0 Å². The summed E-state index contributed by atoms with van der Waals surface area (Å²) in [6, 6.07) is 5.07. The van der Waals surface area contributed by atoms with Gasteiger partial charge in [0.05, 0.1) is 10.9 Å². The number of ketones is 1. The molecule has 0 aliphatic carbocycles. The molecule has 1 aliphatic heterocycles. The lowest BCUT2D eigenvalue weighted by Gasteiger charge is -2.18. The molecule has 7 nitrogen and oxygen atoms in total. The number of amides is 1. The van der Waals surface area contributed by atoms with Gasteiger partial charge in [-0.3, -0.25) is 9.59 Å². The molecule has 1 aromatic carbocycles. The molecule has 3 rings (SSSR count). The first-order valence-corrected chi connectivity index (χ1v) is 9.61. The second-order valence-electron chi connectivity index (χ2n) is 5.47. The third-order valence-corrected chi connectivity index (χ3v) is 5.54. The molecule has 2 heterocycles. The minimum Gasteiger partial charge on any atom is -0.482 e. The van der Waals surface area contributed by atoms with Gasteiger partial charge in [-0.25, -0.2) is 0 Å². The number of rotatable bonds is 7. The molecule has 1 aromatic heterocycles. The van der Waals surface area contributed by atoms with Crippen molar-refractivity contribution in [3.8, 4) is 5.75 Å². The van der Waals surface area contributed by atoms with Gasteiger partial charge in [-0.2, -0.15) is 0 Å². The Bertz CT molecular complexity index is 793. The number of carbonyl (C=O) groups excluding carboxylic acids is 2. The predicted octanol–water partition coefficient (Wildman–Crippen LogP) is 3.05. The molecular formula is C16H18N4O3S2. The highest BCUT2D eigenvalue weighted by molar-refractivity contribution is 8.02. The zero-order valence-corrected chi connectivity index (χ0v) is 15.5. The molecule has 2 N–H and O–H groups in total. The molecule has 0 radical (unpaired) electrons. The maximum Gasteiger partial charge on any atom is 0.262 e. The highest BCUT2D eigenvalue weighted by Gasteiger charge is 2.22. The van der Waals surface area contributed by atoms with Crippen molar-refractivity contribution in [2.75, 3.05) is 23.8 Å². The SMILES string of the molecule is CCCNc1nnc(SC(C)C(=O)c2ccc3c(c2)NC(=O)CO3)s1. The van der Waals surface area contributed by atoms with Gasteiger partial charge in [0.15, 0.2) is 16.7 Å². The molecule has 0 spiro atoms. The fourth-order valence-corrected chi connectivity index (χ4v) is 4.24. The Labute approximate surface area is 153 Å². The monoisotopic (exact) mass is 378 g/mol. The summed E-state index contributed by atoms with van der Waals surface area (Å²) in [5, 5.41) is 14.5. The summed E-state index contributed by atoms with van der Waals surface area (Å²) in [5.74, 6) is 0.318. The summed E-state index contributed by atoms with van der Waals surface area (Å²) in [6.07, 6.45) is 1.01. The number of fused-ring (bicyclic) bond motifs is 1. The van der Waals surface area contributed by atoms with Gasteiger partial charge < -0.3 is 15.4 Å². The highest BCUT2D eigenvalue weighted by atomic mass is 32.2. The molecule has 0 saturated carbocycles. The Morgan fingerprint density at radius 1 is 1.48 bits per heavy atom. The molecule has 1 unspecified atom stereocenters. The quantitative estimate of drug-likeness (QED) is 0.565. The third kappa shape index (κ3) is 4.29. The molecule has 132 valence electrons. The van der Waals surface area contributed by atoms with Crippen LogP contribution in [-0.2, 0) is 4.79 Å². The van der Waals surface area contributed by atoms with E-state index >= 15 is 0 Å². The van der Waals surface area contributed by atoms with E-state index in [1.54, 1.807) is 18.2 Å². The smallest absolute Gasteiger partial charge is 0.262 e.